The molecule has 2 aromatic heterocycles. The second kappa shape index (κ2) is 11.9. The quantitative estimate of drug-likeness (QED) is 0.431. The average Bonchev–Trinajstić information content (AvgIpc) is 3.69. The van der Waals surface area contributed by atoms with E-state index in [0.29, 0.717) is 81.1 Å². The van der Waals surface area contributed by atoms with Crippen LogP contribution in [0.1, 0.15) is 25.1 Å². The van der Waals surface area contributed by atoms with Crippen molar-refractivity contribution < 1.29 is 23.1 Å². The molecule has 218 valence electrons. The Morgan fingerprint density at radius 2 is 1.76 bits per heavy atom. The molecule has 2 N–H and O–H groups in total. The molecule has 14 heteroatoms. The molecule has 0 spiro atoms. The van der Waals surface area contributed by atoms with Crippen molar-refractivity contribution in [3.05, 3.63) is 36.2 Å². The molecule has 3 saturated heterocycles. The highest BCUT2D eigenvalue weighted by Gasteiger charge is 2.28. The van der Waals surface area contributed by atoms with Crippen molar-refractivity contribution >= 4 is 34.6 Å². The number of benzene rings is 1. The molecule has 2 amide bonds. The number of carbonyl (C=O) groups is 2. The fourth-order valence-electron chi connectivity index (χ4n) is 5.51. The van der Waals surface area contributed by atoms with Crippen molar-refractivity contribution in [1.29, 1.82) is 0 Å². The molecule has 12 nitrogen and oxygen atoms in total. The van der Waals surface area contributed by atoms with Gasteiger partial charge in [0.15, 0.2) is 5.82 Å². The maximum Gasteiger partial charge on any atom is 0.296 e. The summed E-state index contributed by atoms with van der Waals surface area (Å²) in [4.78, 5) is 44.5. The van der Waals surface area contributed by atoms with Crippen LogP contribution in [0.3, 0.4) is 0 Å². The smallest absolute Gasteiger partial charge is 0.296 e. The van der Waals surface area contributed by atoms with Gasteiger partial charge in [-0.15, -0.1) is 0 Å². The van der Waals surface area contributed by atoms with E-state index in [-0.39, 0.29) is 30.2 Å². The van der Waals surface area contributed by atoms with E-state index in [1.807, 2.05) is 4.90 Å². The number of ether oxygens (including phenoxy) is 1. The van der Waals surface area contributed by atoms with Gasteiger partial charge in [0.25, 0.3) is 6.43 Å². The Morgan fingerprint density at radius 1 is 1.00 bits per heavy atom. The molecule has 6 rings (SSSR count). The lowest BCUT2D eigenvalue weighted by atomic mass is 10.2. The number of aromatic nitrogens is 4. The number of fused-ring (bicyclic) bond motifs is 1. The Morgan fingerprint density at radius 3 is 2.49 bits per heavy atom. The summed E-state index contributed by atoms with van der Waals surface area (Å²) in [6, 6.07) is 8.47. The lowest BCUT2D eigenvalue weighted by Crippen LogP contribution is -2.52. The highest BCUT2D eigenvalue weighted by molar-refractivity contribution is 5.87. The van der Waals surface area contributed by atoms with E-state index < -0.39 is 6.43 Å². The van der Waals surface area contributed by atoms with Crippen LogP contribution in [0.5, 0.6) is 0 Å². The summed E-state index contributed by atoms with van der Waals surface area (Å²) in [5, 5.41) is 5.87. The molecule has 3 aliphatic heterocycles. The maximum absolute atomic E-state index is 14.1. The van der Waals surface area contributed by atoms with Crippen molar-refractivity contribution in [3.63, 3.8) is 0 Å². The molecule has 5 heterocycles. The number of halogens is 2. The third-order valence-electron chi connectivity index (χ3n) is 7.74. The van der Waals surface area contributed by atoms with Crippen molar-refractivity contribution in [1.82, 2.24) is 35.1 Å². The van der Waals surface area contributed by atoms with Gasteiger partial charge in [-0.25, -0.2) is 13.8 Å². The number of amides is 2. The van der Waals surface area contributed by atoms with Gasteiger partial charge in [0.2, 0.25) is 17.8 Å². The van der Waals surface area contributed by atoms with Crippen LogP contribution in [-0.4, -0.2) is 108 Å². The van der Waals surface area contributed by atoms with Gasteiger partial charge in [-0.05, 0) is 31.5 Å². The van der Waals surface area contributed by atoms with E-state index in [2.05, 4.69) is 20.5 Å². The standard InChI is InChI=1S/C27H33F2N9O3/c28-24(29)25-32-18-4-1-2-6-20(18)38(25)22-16-21(35-12-14-41-15-13-35)33-27(34-22)37-10-8-36(9-11-37)23(39)17-31-26(40)19-5-3-7-30-19/h1-2,4,6,16,19,24,30H,3,5,7-15,17H2,(H,31,40)/t19-/m0/s1. The number of nitrogens with one attached hydrogen (secondary N) is 2. The van der Waals surface area contributed by atoms with Gasteiger partial charge >= 0.3 is 0 Å². The minimum absolute atomic E-state index is 0.0473. The van der Waals surface area contributed by atoms with E-state index in [1.54, 1.807) is 35.2 Å². The molecule has 0 bridgehead atoms. The molecule has 1 atom stereocenters. The summed E-state index contributed by atoms with van der Waals surface area (Å²) < 4.78 is 35.2. The first-order valence-corrected chi connectivity index (χ1v) is 14.0. The Hall–Kier alpha value is -3.91. The molecule has 3 aromatic rings. The summed E-state index contributed by atoms with van der Waals surface area (Å²) in [6.07, 6.45) is -1.07. The number of alkyl halides is 2. The molecule has 0 saturated carbocycles. The van der Waals surface area contributed by atoms with Crippen molar-refractivity contribution in [2.24, 2.45) is 0 Å². The Bertz CT molecular complexity index is 1400. The summed E-state index contributed by atoms with van der Waals surface area (Å²) in [5.41, 5.74) is 0.990. The summed E-state index contributed by atoms with van der Waals surface area (Å²) in [6.45, 7) is 4.85. The lowest BCUT2D eigenvalue weighted by Gasteiger charge is -2.35. The Balaban J connectivity index is 1.23. The predicted octanol–water partition coefficient (Wildman–Crippen LogP) is 1.11. The fraction of sp³-hybridized carbons (Fsp3) is 0.519. The van der Waals surface area contributed by atoms with Crippen molar-refractivity contribution in [2.75, 3.05) is 75.4 Å². The van der Waals surface area contributed by atoms with E-state index >= 15 is 0 Å². The van der Waals surface area contributed by atoms with E-state index in [1.165, 1.54) is 4.57 Å². The molecule has 3 fully saturated rings. The van der Waals surface area contributed by atoms with Crippen LogP contribution in [0.2, 0.25) is 0 Å². The fourth-order valence-corrected chi connectivity index (χ4v) is 5.51. The number of carbonyl (C=O) groups excluding carboxylic acids is 2. The van der Waals surface area contributed by atoms with E-state index in [0.717, 1.165) is 19.4 Å². The monoisotopic (exact) mass is 569 g/mol. The first-order chi connectivity index (χ1) is 20.0. The van der Waals surface area contributed by atoms with Crippen LogP contribution >= 0.6 is 0 Å². The van der Waals surface area contributed by atoms with Gasteiger partial charge in [-0.3, -0.25) is 14.2 Å². The number of nitrogens with zero attached hydrogens (tertiary/aromatic N) is 7. The first-order valence-electron chi connectivity index (χ1n) is 14.0. The van der Waals surface area contributed by atoms with Gasteiger partial charge in [0.05, 0.1) is 36.8 Å². The second-order valence-corrected chi connectivity index (χ2v) is 10.3. The zero-order valence-corrected chi connectivity index (χ0v) is 22.6. The van der Waals surface area contributed by atoms with Crippen LogP contribution < -0.4 is 20.4 Å². The lowest BCUT2D eigenvalue weighted by molar-refractivity contribution is -0.133. The van der Waals surface area contributed by atoms with Crippen LogP contribution in [-0.2, 0) is 14.3 Å². The van der Waals surface area contributed by atoms with E-state index in [4.69, 9.17) is 14.7 Å². The Kier molecular flexibility index (Phi) is 7.92. The van der Waals surface area contributed by atoms with Crippen molar-refractivity contribution in [3.8, 4) is 5.82 Å². The molecule has 0 aliphatic carbocycles. The molecule has 41 heavy (non-hydrogen) atoms. The van der Waals surface area contributed by atoms with Crippen LogP contribution in [0.15, 0.2) is 30.3 Å². The molecule has 1 aromatic carbocycles. The minimum Gasteiger partial charge on any atom is -0.378 e. The average molecular weight is 570 g/mol. The topological polar surface area (TPSA) is 121 Å². The van der Waals surface area contributed by atoms with Gasteiger partial charge < -0.3 is 30.1 Å². The molecular weight excluding hydrogens is 536 g/mol. The molecule has 0 unspecified atom stereocenters. The largest absolute Gasteiger partial charge is 0.378 e. The van der Waals surface area contributed by atoms with Gasteiger partial charge in [-0.2, -0.15) is 9.97 Å². The number of hydrogen-bond donors (Lipinski definition) is 2. The third kappa shape index (κ3) is 5.79. The number of anilines is 2. The predicted molar refractivity (Wildman–Crippen MR) is 147 cm³/mol. The summed E-state index contributed by atoms with van der Waals surface area (Å²) >= 11 is 0. The first kappa shape index (κ1) is 27.3. The summed E-state index contributed by atoms with van der Waals surface area (Å²) in [5.74, 6) is 0.649. The zero-order valence-electron chi connectivity index (χ0n) is 22.6. The third-order valence-corrected chi connectivity index (χ3v) is 7.74. The highest BCUT2D eigenvalue weighted by atomic mass is 19.3. The summed E-state index contributed by atoms with van der Waals surface area (Å²) in [7, 11) is 0. The van der Waals surface area contributed by atoms with Crippen LogP contribution in [0.25, 0.3) is 16.9 Å². The molecular formula is C27H33F2N9O3. The van der Waals surface area contributed by atoms with Gasteiger partial charge in [0.1, 0.15) is 11.6 Å². The number of imidazole rings is 1. The van der Waals surface area contributed by atoms with Crippen LogP contribution in [0, 0.1) is 0 Å². The Labute approximate surface area is 235 Å². The molecule has 0 radical (unpaired) electrons. The molecule has 3 aliphatic rings. The number of piperazine rings is 1. The van der Waals surface area contributed by atoms with Crippen molar-refractivity contribution in [2.45, 2.75) is 25.3 Å². The number of para-hydroxylation sites is 2. The second-order valence-electron chi connectivity index (χ2n) is 10.3. The SMILES string of the molecule is O=C(NCC(=O)N1CCN(c2nc(N3CCOCC3)cc(-n3c(C(F)F)nc4ccccc43)n2)CC1)[C@@H]1CCCN1. The van der Waals surface area contributed by atoms with Gasteiger partial charge in [0, 0.05) is 45.3 Å². The minimum atomic E-state index is -2.80. The van der Waals surface area contributed by atoms with Gasteiger partial charge in [-0.1, -0.05) is 12.1 Å². The number of hydrogen-bond acceptors (Lipinski definition) is 9. The van der Waals surface area contributed by atoms with E-state index in [9.17, 15) is 18.4 Å². The number of rotatable bonds is 7. The highest BCUT2D eigenvalue weighted by Crippen LogP contribution is 2.30. The normalized spacial score (nSPS) is 19.8. The number of morpholine rings is 1. The van der Waals surface area contributed by atoms with Crippen LogP contribution in [0.4, 0.5) is 20.5 Å². The zero-order chi connectivity index (χ0) is 28.3. The maximum atomic E-state index is 14.1.